The highest BCUT2D eigenvalue weighted by Crippen LogP contribution is 2.46. The molecule has 2 aromatic rings. The molecule has 4 rings (SSSR count). The van der Waals surface area contributed by atoms with E-state index in [1.54, 1.807) is 20.2 Å². The number of para-hydroxylation sites is 1. The maximum atomic E-state index is 13.8. The van der Waals surface area contributed by atoms with Crippen molar-refractivity contribution in [2.24, 2.45) is 13.0 Å². The van der Waals surface area contributed by atoms with Crippen LogP contribution < -0.4 is 5.32 Å². The quantitative estimate of drug-likeness (QED) is 0.751. The molecule has 1 fully saturated rings. The van der Waals surface area contributed by atoms with E-state index in [9.17, 15) is 19.6 Å². The van der Waals surface area contributed by atoms with Crippen molar-refractivity contribution in [3.8, 4) is 6.07 Å². The first-order chi connectivity index (χ1) is 15.7. The van der Waals surface area contributed by atoms with Crippen LogP contribution in [0.25, 0.3) is 0 Å². The highest BCUT2D eigenvalue weighted by Gasteiger charge is 2.56. The third-order valence-corrected chi connectivity index (χ3v) is 6.72. The zero-order chi connectivity index (χ0) is 23.9. The third kappa shape index (κ3) is 3.65. The molecule has 1 aromatic heterocycles. The fraction of sp³-hybridized carbons (Fsp3) is 0.458. The number of amides is 3. The van der Waals surface area contributed by atoms with E-state index in [1.807, 2.05) is 38.1 Å². The number of aromatic nitrogens is 2. The van der Waals surface area contributed by atoms with E-state index in [4.69, 9.17) is 0 Å². The Morgan fingerprint density at radius 1 is 1.33 bits per heavy atom. The summed E-state index contributed by atoms with van der Waals surface area (Å²) in [5, 5.41) is 16.8. The van der Waals surface area contributed by atoms with Crippen molar-refractivity contribution < 1.29 is 14.4 Å². The monoisotopic (exact) mass is 448 g/mol. The summed E-state index contributed by atoms with van der Waals surface area (Å²) in [7, 11) is 3.28. The van der Waals surface area contributed by atoms with E-state index in [-0.39, 0.29) is 36.6 Å². The van der Waals surface area contributed by atoms with Gasteiger partial charge in [-0.05, 0) is 30.0 Å². The van der Waals surface area contributed by atoms with Gasteiger partial charge in [0.2, 0.25) is 11.8 Å². The number of carbonyl (C=O) groups is 3. The van der Waals surface area contributed by atoms with Gasteiger partial charge in [0.05, 0.1) is 11.5 Å². The highest BCUT2D eigenvalue weighted by molar-refractivity contribution is 6.07. The zero-order valence-electron chi connectivity index (χ0n) is 19.3. The smallest absolute Gasteiger partial charge is 0.272 e. The Morgan fingerprint density at radius 3 is 2.70 bits per heavy atom. The minimum absolute atomic E-state index is 0.106. The van der Waals surface area contributed by atoms with E-state index in [0.29, 0.717) is 12.1 Å². The highest BCUT2D eigenvalue weighted by atomic mass is 16.2. The molecule has 2 aliphatic heterocycles. The first kappa shape index (κ1) is 22.5. The van der Waals surface area contributed by atoms with Crippen LogP contribution in [0.1, 0.15) is 42.7 Å². The standard InChI is InChI=1S/C24H28N6O3/c1-15(2)11-20(28(3)21(31)19-9-10-26-29(19)4)22(32)30-14-24(12-16(30)13-25)17-7-5-6-8-18(17)27-23(24)33/h5-10,15-16,20H,11-12,14H2,1-4H3,(H,27,33)/t16-,20-,24-/m0/s1. The predicted molar refractivity (Wildman–Crippen MR) is 121 cm³/mol. The molecular weight excluding hydrogens is 420 g/mol. The van der Waals surface area contributed by atoms with Crippen LogP contribution >= 0.6 is 0 Å². The number of anilines is 1. The van der Waals surface area contributed by atoms with Crippen molar-refractivity contribution in [2.75, 3.05) is 18.9 Å². The summed E-state index contributed by atoms with van der Waals surface area (Å²) in [5.74, 6) is -0.699. The number of aryl methyl sites for hydroxylation is 1. The van der Waals surface area contributed by atoms with Crippen LogP contribution in [-0.4, -0.2) is 63.0 Å². The fourth-order valence-electron chi connectivity index (χ4n) is 4.95. The Morgan fingerprint density at radius 2 is 2.06 bits per heavy atom. The lowest BCUT2D eigenvalue weighted by Crippen LogP contribution is -2.52. The van der Waals surface area contributed by atoms with Gasteiger partial charge in [-0.1, -0.05) is 32.0 Å². The second kappa shape index (κ2) is 8.35. The molecule has 0 bridgehead atoms. The number of fused-ring (bicyclic) bond motifs is 2. The van der Waals surface area contributed by atoms with Gasteiger partial charge in [-0.2, -0.15) is 10.4 Å². The summed E-state index contributed by atoms with van der Waals surface area (Å²) >= 11 is 0. The van der Waals surface area contributed by atoms with Crippen molar-refractivity contribution in [3.05, 3.63) is 47.8 Å². The zero-order valence-corrected chi connectivity index (χ0v) is 19.3. The van der Waals surface area contributed by atoms with Crippen LogP contribution in [-0.2, 0) is 22.1 Å². The number of benzene rings is 1. The van der Waals surface area contributed by atoms with Crippen LogP contribution in [0.2, 0.25) is 0 Å². The number of nitrogens with zero attached hydrogens (tertiary/aromatic N) is 5. The number of hydrogen-bond donors (Lipinski definition) is 1. The summed E-state index contributed by atoms with van der Waals surface area (Å²) in [5.41, 5.74) is 0.943. The molecule has 33 heavy (non-hydrogen) atoms. The minimum Gasteiger partial charge on any atom is -0.328 e. The van der Waals surface area contributed by atoms with Crippen molar-refractivity contribution in [1.29, 1.82) is 5.26 Å². The topological polar surface area (TPSA) is 111 Å². The Balaban J connectivity index is 1.66. The first-order valence-corrected chi connectivity index (χ1v) is 11.1. The number of rotatable bonds is 5. The molecule has 172 valence electrons. The fourth-order valence-corrected chi connectivity index (χ4v) is 4.95. The van der Waals surface area contributed by atoms with Crippen LogP contribution in [0.5, 0.6) is 0 Å². The molecule has 0 unspecified atom stereocenters. The van der Waals surface area contributed by atoms with Crippen LogP contribution in [0, 0.1) is 17.2 Å². The average Bonchev–Trinajstić information content (AvgIpc) is 3.47. The van der Waals surface area contributed by atoms with Gasteiger partial charge in [0.1, 0.15) is 17.8 Å². The van der Waals surface area contributed by atoms with Crippen LogP contribution in [0.15, 0.2) is 36.5 Å². The van der Waals surface area contributed by atoms with Crippen LogP contribution in [0.3, 0.4) is 0 Å². The van der Waals surface area contributed by atoms with Crippen molar-refractivity contribution in [2.45, 2.75) is 44.2 Å². The molecule has 3 atom stereocenters. The number of likely N-dealkylation sites (N-methyl/N-ethyl adjacent to an activating group) is 1. The number of likely N-dealkylation sites (tertiary alicyclic amines) is 1. The van der Waals surface area contributed by atoms with Gasteiger partial charge >= 0.3 is 0 Å². The summed E-state index contributed by atoms with van der Waals surface area (Å²) < 4.78 is 1.47. The lowest BCUT2D eigenvalue weighted by atomic mass is 9.80. The van der Waals surface area contributed by atoms with Crippen molar-refractivity contribution in [3.63, 3.8) is 0 Å². The number of hydrogen-bond acceptors (Lipinski definition) is 5. The SMILES string of the molecule is CC(C)C[C@@H](C(=O)N1C[C@]2(C[C@H]1C#N)C(=O)Nc1ccccc12)N(C)C(=O)c1ccnn1C. The second-order valence-electron chi connectivity index (χ2n) is 9.30. The average molecular weight is 449 g/mol. The Hall–Kier alpha value is -3.67. The molecule has 3 amide bonds. The van der Waals surface area contributed by atoms with E-state index in [2.05, 4.69) is 16.5 Å². The summed E-state index contributed by atoms with van der Waals surface area (Å²) in [6.45, 7) is 4.07. The lowest BCUT2D eigenvalue weighted by Gasteiger charge is -2.33. The Kier molecular flexibility index (Phi) is 5.70. The maximum absolute atomic E-state index is 13.8. The van der Waals surface area contributed by atoms with E-state index < -0.39 is 17.5 Å². The molecule has 0 aliphatic carbocycles. The van der Waals surface area contributed by atoms with Gasteiger partial charge in [-0.3, -0.25) is 19.1 Å². The molecular formula is C24H28N6O3. The molecule has 1 N–H and O–H groups in total. The summed E-state index contributed by atoms with van der Waals surface area (Å²) in [6, 6.07) is 9.70. The molecule has 3 heterocycles. The molecule has 1 spiro atoms. The van der Waals surface area contributed by atoms with Crippen LogP contribution in [0.4, 0.5) is 5.69 Å². The second-order valence-corrected chi connectivity index (χ2v) is 9.30. The molecule has 9 nitrogen and oxygen atoms in total. The van der Waals surface area contributed by atoms with E-state index >= 15 is 0 Å². The van der Waals surface area contributed by atoms with Gasteiger partial charge in [-0.25, -0.2) is 0 Å². The lowest BCUT2D eigenvalue weighted by molar-refractivity contribution is -0.136. The summed E-state index contributed by atoms with van der Waals surface area (Å²) in [6.07, 6.45) is 2.20. The van der Waals surface area contributed by atoms with Crippen molar-refractivity contribution >= 4 is 23.4 Å². The molecule has 0 radical (unpaired) electrons. The van der Waals surface area contributed by atoms with Gasteiger partial charge in [0.15, 0.2) is 0 Å². The van der Waals surface area contributed by atoms with Gasteiger partial charge in [-0.15, -0.1) is 0 Å². The van der Waals surface area contributed by atoms with E-state index in [1.165, 1.54) is 20.7 Å². The predicted octanol–water partition coefficient (Wildman–Crippen LogP) is 1.92. The minimum atomic E-state index is -0.959. The molecule has 2 aliphatic rings. The third-order valence-electron chi connectivity index (χ3n) is 6.72. The van der Waals surface area contributed by atoms with Gasteiger partial charge in [0.25, 0.3) is 5.91 Å². The van der Waals surface area contributed by atoms with Crippen molar-refractivity contribution in [1.82, 2.24) is 19.6 Å². The number of carbonyl (C=O) groups excluding carboxylic acids is 3. The maximum Gasteiger partial charge on any atom is 0.272 e. The normalized spacial score (nSPS) is 22.2. The number of nitrogens with one attached hydrogen (secondary N) is 1. The first-order valence-electron chi connectivity index (χ1n) is 11.1. The molecule has 9 heteroatoms. The van der Waals surface area contributed by atoms with E-state index in [0.717, 1.165) is 11.3 Å². The number of nitriles is 1. The van der Waals surface area contributed by atoms with Gasteiger partial charge in [0, 0.05) is 38.9 Å². The molecule has 1 saturated heterocycles. The largest absolute Gasteiger partial charge is 0.328 e. The Labute approximate surface area is 193 Å². The molecule has 0 saturated carbocycles. The Bertz CT molecular complexity index is 1150. The molecule has 1 aromatic carbocycles. The van der Waals surface area contributed by atoms with Gasteiger partial charge < -0.3 is 15.1 Å². The summed E-state index contributed by atoms with van der Waals surface area (Å²) in [4.78, 5) is 42.9.